The van der Waals surface area contributed by atoms with E-state index in [2.05, 4.69) is 4.90 Å². The summed E-state index contributed by atoms with van der Waals surface area (Å²) in [6.45, 7) is 1.66. The number of hydrogen-bond donors (Lipinski definition) is 1. The molecule has 1 heterocycles. The van der Waals surface area contributed by atoms with Crippen LogP contribution in [0.25, 0.3) is 10.8 Å². The number of rotatable bonds is 3. The monoisotopic (exact) mass is 371 g/mol. The minimum atomic E-state index is -0.862. The van der Waals surface area contributed by atoms with Crippen molar-refractivity contribution in [3.63, 3.8) is 0 Å². The molecule has 0 saturated carbocycles. The number of hydrogen-bond acceptors (Lipinski definition) is 3. The summed E-state index contributed by atoms with van der Waals surface area (Å²) in [5, 5.41) is 12.6. The highest BCUT2D eigenvalue weighted by Crippen LogP contribution is 2.40. The van der Waals surface area contributed by atoms with Crippen LogP contribution in [-0.4, -0.2) is 34.6 Å². The van der Waals surface area contributed by atoms with E-state index in [0.29, 0.717) is 5.56 Å². The van der Waals surface area contributed by atoms with Gasteiger partial charge >= 0.3 is 0 Å². The van der Waals surface area contributed by atoms with E-state index in [1.54, 1.807) is 12.1 Å². The lowest BCUT2D eigenvalue weighted by Gasteiger charge is -2.36. The molecule has 0 radical (unpaired) electrons. The van der Waals surface area contributed by atoms with Crippen molar-refractivity contribution < 1.29 is 13.9 Å². The summed E-state index contributed by atoms with van der Waals surface area (Å²) < 4.78 is 27.5. The van der Waals surface area contributed by atoms with Crippen LogP contribution in [-0.2, 0) is 0 Å². The molecule has 134 valence electrons. The maximum atomic E-state index is 14.0. The number of phenols is 1. The van der Waals surface area contributed by atoms with Crippen molar-refractivity contribution in [3.05, 3.63) is 77.4 Å². The fourth-order valence-corrected chi connectivity index (χ4v) is 4.58. The first kappa shape index (κ1) is 17.3. The highest BCUT2D eigenvalue weighted by Gasteiger charge is 2.28. The van der Waals surface area contributed by atoms with Crippen molar-refractivity contribution in [2.24, 2.45) is 0 Å². The smallest absolute Gasteiger partial charge is 0.159 e. The van der Waals surface area contributed by atoms with Crippen LogP contribution >= 0.6 is 11.8 Å². The molecule has 1 aliphatic rings. The summed E-state index contributed by atoms with van der Waals surface area (Å²) >= 11 is 1.88. The quantitative estimate of drug-likeness (QED) is 0.704. The van der Waals surface area contributed by atoms with Crippen LogP contribution in [0.1, 0.15) is 17.2 Å². The van der Waals surface area contributed by atoms with Crippen LogP contribution in [0, 0.1) is 11.6 Å². The van der Waals surface area contributed by atoms with E-state index in [1.807, 2.05) is 42.1 Å². The largest absolute Gasteiger partial charge is 0.508 e. The van der Waals surface area contributed by atoms with E-state index in [9.17, 15) is 13.9 Å². The van der Waals surface area contributed by atoms with Crippen molar-refractivity contribution in [2.45, 2.75) is 6.04 Å². The Balaban J connectivity index is 1.93. The zero-order valence-corrected chi connectivity index (χ0v) is 15.0. The summed E-state index contributed by atoms with van der Waals surface area (Å²) in [6.07, 6.45) is 0. The molecule has 0 bridgehead atoms. The molecule has 1 saturated heterocycles. The zero-order valence-electron chi connectivity index (χ0n) is 14.2. The second-order valence-electron chi connectivity index (χ2n) is 6.44. The number of aromatic hydroxyl groups is 1. The molecule has 3 aromatic rings. The number of fused-ring (bicyclic) bond motifs is 1. The molecule has 0 spiro atoms. The average Bonchev–Trinajstić information content (AvgIpc) is 2.67. The van der Waals surface area contributed by atoms with Crippen LogP contribution < -0.4 is 0 Å². The molecule has 4 rings (SSSR count). The van der Waals surface area contributed by atoms with Gasteiger partial charge in [0.15, 0.2) is 11.6 Å². The van der Waals surface area contributed by atoms with Gasteiger partial charge < -0.3 is 5.11 Å². The minimum Gasteiger partial charge on any atom is -0.508 e. The first-order valence-corrected chi connectivity index (χ1v) is 9.78. The number of benzene rings is 3. The molecule has 1 N–H and O–H groups in total. The normalized spacial score (nSPS) is 16.7. The van der Waals surface area contributed by atoms with Gasteiger partial charge in [0.2, 0.25) is 0 Å². The Morgan fingerprint density at radius 3 is 2.46 bits per heavy atom. The lowest BCUT2D eigenvalue weighted by Crippen LogP contribution is -2.36. The SMILES string of the molecule is Oc1ccc2ccccc2c1C(c1ccc(F)c(F)c1)N1CCSCC1. The molecule has 1 atom stereocenters. The molecule has 0 aromatic heterocycles. The molecule has 26 heavy (non-hydrogen) atoms. The molecule has 3 aromatic carbocycles. The Kier molecular flexibility index (Phi) is 4.83. The Bertz CT molecular complexity index is 940. The number of thioether (sulfide) groups is 1. The molecule has 1 aliphatic heterocycles. The number of halogens is 2. The lowest BCUT2D eigenvalue weighted by atomic mass is 9.91. The van der Waals surface area contributed by atoms with Gasteiger partial charge in [-0.25, -0.2) is 8.78 Å². The van der Waals surface area contributed by atoms with Crippen molar-refractivity contribution in [1.82, 2.24) is 4.90 Å². The third-order valence-electron chi connectivity index (χ3n) is 4.89. The molecule has 5 heteroatoms. The van der Waals surface area contributed by atoms with Gasteiger partial charge in [0.05, 0.1) is 6.04 Å². The predicted octanol–water partition coefficient (Wildman–Crippen LogP) is 4.96. The Hall–Kier alpha value is -2.11. The number of phenolic OH excluding ortho intramolecular Hbond substituents is 1. The van der Waals surface area contributed by atoms with E-state index < -0.39 is 11.6 Å². The fourth-order valence-electron chi connectivity index (χ4n) is 3.65. The van der Waals surface area contributed by atoms with Gasteiger partial charge in [0.1, 0.15) is 5.75 Å². The summed E-state index contributed by atoms with van der Waals surface area (Å²) in [4.78, 5) is 2.24. The molecule has 2 nitrogen and oxygen atoms in total. The number of nitrogens with zero attached hydrogens (tertiary/aromatic N) is 1. The van der Waals surface area contributed by atoms with Crippen molar-refractivity contribution in [3.8, 4) is 5.75 Å². The van der Waals surface area contributed by atoms with E-state index >= 15 is 0 Å². The van der Waals surface area contributed by atoms with Gasteiger partial charge in [-0.3, -0.25) is 4.90 Å². The predicted molar refractivity (Wildman–Crippen MR) is 103 cm³/mol. The fraction of sp³-hybridized carbons (Fsp3) is 0.238. The van der Waals surface area contributed by atoms with Gasteiger partial charge in [0.25, 0.3) is 0 Å². The van der Waals surface area contributed by atoms with E-state index in [-0.39, 0.29) is 11.8 Å². The molecule has 0 aliphatic carbocycles. The van der Waals surface area contributed by atoms with Gasteiger partial charge in [0, 0.05) is 30.2 Å². The van der Waals surface area contributed by atoms with Crippen LogP contribution in [0.3, 0.4) is 0 Å². The van der Waals surface area contributed by atoms with Crippen LogP contribution in [0.4, 0.5) is 8.78 Å². The van der Waals surface area contributed by atoms with Crippen molar-refractivity contribution in [2.75, 3.05) is 24.6 Å². The molecule has 1 fully saturated rings. The third kappa shape index (κ3) is 3.17. The van der Waals surface area contributed by atoms with Gasteiger partial charge in [-0.1, -0.05) is 36.4 Å². The van der Waals surface area contributed by atoms with Crippen molar-refractivity contribution >= 4 is 22.5 Å². The van der Waals surface area contributed by atoms with E-state index in [1.165, 1.54) is 12.1 Å². The third-order valence-corrected chi connectivity index (χ3v) is 5.83. The van der Waals surface area contributed by atoms with E-state index in [4.69, 9.17) is 0 Å². The zero-order chi connectivity index (χ0) is 18.1. The van der Waals surface area contributed by atoms with Gasteiger partial charge in [-0.15, -0.1) is 0 Å². The summed E-state index contributed by atoms with van der Waals surface area (Å²) in [6, 6.07) is 15.1. The molecular weight excluding hydrogens is 352 g/mol. The topological polar surface area (TPSA) is 23.5 Å². The highest BCUT2D eigenvalue weighted by atomic mass is 32.2. The maximum absolute atomic E-state index is 14.0. The summed E-state index contributed by atoms with van der Waals surface area (Å²) in [5.74, 6) is 0.413. The molecule has 0 amide bonds. The van der Waals surface area contributed by atoms with Gasteiger partial charge in [-0.2, -0.15) is 11.8 Å². The second kappa shape index (κ2) is 7.25. The molecule has 1 unspecified atom stereocenters. The maximum Gasteiger partial charge on any atom is 0.159 e. The first-order valence-electron chi connectivity index (χ1n) is 8.62. The summed E-state index contributed by atoms with van der Waals surface area (Å²) in [5.41, 5.74) is 1.41. The van der Waals surface area contributed by atoms with Crippen LogP contribution in [0.5, 0.6) is 5.75 Å². The van der Waals surface area contributed by atoms with Crippen molar-refractivity contribution in [1.29, 1.82) is 0 Å². The lowest BCUT2D eigenvalue weighted by molar-refractivity contribution is 0.246. The standard InChI is InChI=1S/C21H19F2NOS/c22-17-7-5-15(13-18(17)23)21(24-9-11-26-12-10-24)20-16-4-2-1-3-14(16)6-8-19(20)25/h1-8,13,21,25H,9-12H2. The van der Waals surface area contributed by atoms with Crippen LogP contribution in [0.2, 0.25) is 0 Å². The highest BCUT2D eigenvalue weighted by molar-refractivity contribution is 7.99. The average molecular weight is 371 g/mol. The Morgan fingerprint density at radius 2 is 1.69 bits per heavy atom. The first-order chi connectivity index (χ1) is 12.6. The second-order valence-corrected chi connectivity index (χ2v) is 7.67. The Morgan fingerprint density at radius 1 is 0.923 bits per heavy atom. The Labute approximate surface area is 155 Å². The van der Waals surface area contributed by atoms with E-state index in [0.717, 1.165) is 40.9 Å². The van der Waals surface area contributed by atoms with Crippen LogP contribution in [0.15, 0.2) is 54.6 Å². The molecular formula is C21H19F2NOS. The van der Waals surface area contributed by atoms with Gasteiger partial charge in [-0.05, 0) is 34.5 Å². The minimum absolute atomic E-state index is 0.177. The summed E-state index contributed by atoms with van der Waals surface area (Å²) in [7, 11) is 0.